The second kappa shape index (κ2) is 10.2. The van der Waals surface area contributed by atoms with Gasteiger partial charge in [0.05, 0.1) is 6.61 Å². The van der Waals surface area contributed by atoms with Crippen LogP contribution in [0.3, 0.4) is 0 Å². The van der Waals surface area contributed by atoms with Crippen LogP contribution >= 0.6 is 0 Å². The molecule has 0 amide bonds. The van der Waals surface area contributed by atoms with Gasteiger partial charge in [-0.25, -0.2) is 0 Å². The molecule has 2 heteroatoms. The normalized spacial score (nSPS) is 42.2. The van der Waals surface area contributed by atoms with Gasteiger partial charge in [0.15, 0.2) is 0 Å². The Hall–Kier alpha value is -0.530. The van der Waals surface area contributed by atoms with Crippen LogP contribution in [0.5, 0.6) is 0 Å². The molecule has 4 fully saturated rings. The number of fused-ring (bicyclic) bond motifs is 5. The third kappa shape index (κ3) is 4.93. The second-order valence-corrected chi connectivity index (χ2v) is 13.8. The van der Waals surface area contributed by atoms with E-state index in [-0.39, 0.29) is 5.97 Å². The lowest BCUT2D eigenvalue weighted by Crippen LogP contribution is -2.53. The number of ether oxygens (including phenoxy) is 1. The van der Waals surface area contributed by atoms with Gasteiger partial charge in [-0.05, 0) is 122 Å². The number of rotatable bonds is 8. The zero-order valence-electron chi connectivity index (χ0n) is 22.8. The fraction of sp³-hybridized carbons (Fsp3) is 0.968. The van der Waals surface area contributed by atoms with Crippen LogP contribution in [0.15, 0.2) is 0 Å². The summed E-state index contributed by atoms with van der Waals surface area (Å²) >= 11 is 0. The van der Waals surface area contributed by atoms with Gasteiger partial charge in [0.2, 0.25) is 0 Å². The molecule has 0 aliphatic heterocycles. The highest BCUT2D eigenvalue weighted by molar-refractivity contribution is 5.65. The summed E-state index contributed by atoms with van der Waals surface area (Å²) in [6.07, 6.45) is 18.8. The van der Waals surface area contributed by atoms with Crippen LogP contribution in [0.25, 0.3) is 0 Å². The van der Waals surface area contributed by atoms with Crippen molar-refractivity contribution in [2.75, 3.05) is 6.61 Å². The zero-order chi connectivity index (χ0) is 23.8. The molecule has 0 bridgehead atoms. The molecule has 190 valence electrons. The van der Waals surface area contributed by atoms with Gasteiger partial charge in [0, 0.05) is 6.92 Å². The van der Waals surface area contributed by atoms with Crippen molar-refractivity contribution in [2.24, 2.45) is 58.2 Å². The van der Waals surface area contributed by atoms with Crippen LogP contribution in [-0.4, -0.2) is 12.6 Å². The smallest absolute Gasteiger partial charge is 0.302 e. The van der Waals surface area contributed by atoms with Crippen LogP contribution in [0.2, 0.25) is 0 Å². The zero-order valence-corrected chi connectivity index (χ0v) is 22.8. The molecule has 33 heavy (non-hydrogen) atoms. The first-order chi connectivity index (χ1) is 15.7. The Labute approximate surface area is 205 Å². The molecular weight excluding hydrogens is 404 g/mol. The van der Waals surface area contributed by atoms with Crippen molar-refractivity contribution in [3.05, 3.63) is 0 Å². The van der Waals surface area contributed by atoms with Gasteiger partial charge >= 0.3 is 5.97 Å². The van der Waals surface area contributed by atoms with Crippen LogP contribution in [0.1, 0.15) is 125 Å². The Morgan fingerprint density at radius 3 is 2.33 bits per heavy atom. The summed E-state index contributed by atoms with van der Waals surface area (Å²) in [5.41, 5.74) is 1.25. The molecule has 4 aliphatic carbocycles. The standard InChI is InChI=1S/C31H54O2/c1-21(2)24(17-20-33-23(4)32)11-10-22(3)27-14-15-28-26-13-12-25-9-7-8-18-30(25,5)29(26)16-19-31(27,28)6/h21-22,24-29H,7-20H2,1-6H3/t22-,24+,25?,26+,27-,28+,29+,30+,31-/m1/s1. The van der Waals surface area contributed by atoms with Crippen molar-refractivity contribution in [3.8, 4) is 0 Å². The highest BCUT2D eigenvalue weighted by Gasteiger charge is 2.60. The van der Waals surface area contributed by atoms with E-state index in [1.807, 2.05) is 0 Å². The monoisotopic (exact) mass is 458 g/mol. The largest absolute Gasteiger partial charge is 0.466 e. The average Bonchev–Trinajstić information content (AvgIpc) is 3.12. The highest BCUT2D eigenvalue weighted by atomic mass is 16.5. The molecule has 0 spiro atoms. The lowest BCUT2D eigenvalue weighted by Gasteiger charge is -2.61. The third-order valence-corrected chi connectivity index (χ3v) is 12.1. The van der Waals surface area contributed by atoms with Crippen molar-refractivity contribution in [2.45, 2.75) is 125 Å². The molecule has 4 rings (SSSR count). The molecule has 0 saturated heterocycles. The van der Waals surface area contributed by atoms with E-state index in [9.17, 15) is 4.79 Å². The van der Waals surface area contributed by atoms with E-state index in [2.05, 4.69) is 34.6 Å². The predicted octanol–water partition coefficient (Wildman–Crippen LogP) is 8.68. The quantitative estimate of drug-likeness (QED) is 0.340. The van der Waals surface area contributed by atoms with Crippen LogP contribution in [-0.2, 0) is 9.53 Å². The van der Waals surface area contributed by atoms with E-state index in [0.717, 1.165) is 41.9 Å². The number of carbonyl (C=O) groups excluding carboxylic acids is 1. The fourth-order valence-corrected chi connectivity index (χ4v) is 10.1. The Kier molecular flexibility index (Phi) is 7.92. The van der Waals surface area contributed by atoms with Crippen LogP contribution < -0.4 is 0 Å². The molecular formula is C31H54O2. The van der Waals surface area contributed by atoms with E-state index in [1.165, 1.54) is 84.0 Å². The molecule has 2 nitrogen and oxygen atoms in total. The maximum Gasteiger partial charge on any atom is 0.302 e. The maximum atomic E-state index is 11.2. The Morgan fingerprint density at radius 2 is 1.61 bits per heavy atom. The highest BCUT2D eigenvalue weighted by Crippen LogP contribution is 2.68. The minimum absolute atomic E-state index is 0.137. The van der Waals surface area contributed by atoms with Crippen molar-refractivity contribution < 1.29 is 9.53 Å². The lowest BCUT2D eigenvalue weighted by molar-refractivity contribution is -0.141. The number of hydrogen-bond donors (Lipinski definition) is 0. The minimum Gasteiger partial charge on any atom is -0.466 e. The van der Waals surface area contributed by atoms with Crippen LogP contribution in [0.4, 0.5) is 0 Å². The Morgan fingerprint density at radius 1 is 0.848 bits per heavy atom. The summed E-state index contributed by atoms with van der Waals surface area (Å²) in [5.74, 6) is 7.02. The molecule has 4 aliphatic rings. The molecule has 0 aromatic carbocycles. The summed E-state index contributed by atoms with van der Waals surface area (Å²) in [7, 11) is 0. The van der Waals surface area contributed by atoms with Gasteiger partial charge < -0.3 is 4.74 Å². The van der Waals surface area contributed by atoms with Gasteiger partial charge in [-0.15, -0.1) is 0 Å². The van der Waals surface area contributed by atoms with E-state index in [4.69, 9.17) is 4.74 Å². The summed E-state index contributed by atoms with van der Waals surface area (Å²) < 4.78 is 5.27. The first kappa shape index (κ1) is 25.6. The SMILES string of the molecule is CC(=O)OCC[C@H](CC[C@@H](C)[C@H]1CC[C@H]2[C@@H]3CCC4CCCC[C@]4(C)[C@H]3CC[C@]12C)C(C)C. The van der Waals surface area contributed by atoms with E-state index in [0.29, 0.717) is 29.3 Å². The molecule has 0 aromatic rings. The average molecular weight is 459 g/mol. The first-order valence-electron chi connectivity index (χ1n) is 14.8. The predicted molar refractivity (Wildman–Crippen MR) is 138 cm³/mol. The lowest BCUT2D eigenvalue weighted by atomic mass is 9.44. The summed E-state index contributed by atoms with van der Waals surface area (Å²) in [4.78, 5) is 11.2. The Balaban J connectivity index is 1.37. The topological polar surface area (TPSA) is 26.3 Å². The van der Waals surface area contributed by atoms with Gasteiger partial charge in [0.25, 0.3) is 0 Å². The molecule has 0 radical (unpaired) electrons. The van der Waals surface area contributed by atoms with Crippen molar-refractivity contribution in [1.29, 1.82) is 0 Å². The third-order valence-electron chi connectivity index (χ3n) is 12.1. The van der Waals surface area contributed by atoms with E-state index >= 15 is 0 Å². The van der Waals surface area contributed by atoms with Crippen molar-refractivity contribution in [1.82, 2.24) is 0 Å². The van der Waals surface area contributed by atoms with Gasteiger partial charge in [-0.2, -0.15) is 0 Å². The molecule has 0 heterocycles. The summed E-state index contributed by atoms with van der Waals surface area (Å²) in [5, 5.41) is 0. The summed E-state index contributed by atoms with van der Waals surface area (Å²) in [6.45, 7) is 14.8. The number of hydrogen-bond acceptors (Lipinski definition) is 2. The molecule has 4 saturated carbocycles. The summed E-state index contributed by atoms with van der Waals surface area (Å²) in [6, 6.07) is 0. The van der Waals surface area contributed by atoms with Gasteiger partial charge in [0.1, 0.15) is 0 Å². The molecule has 1 unspecified atom stereocenters. The van der Waals surface area contributed by atoms with Crippen molar-refractivity contribution in [3.63, 3.8) is 0 Å². The number of carbonyl (C=O) groups is 1. The Bertz CT molecular complexity index is 670. The maximum absolute atomic E-state index is 11.2. The molecule has 0 N–H and O–H groups in total. The molecule has 0 aromatic heterocycles. The van der Waals surface area contributed by atoms with E-state index < -0.39 is 0 Å². The number of esters is 1. The second-order valence-electron chi connectivity index (χ2n) is 13.8. The first-order valence-corrected chi connectivity index (χ1v) is 14.8. The van der Waals surface area contributed by atoms with Gasteiger partial charge in [-0.3, -0.25) is 4.79 Å². The van der Waals surface area contributed by atoms with E-state index in [1.54, 1.807) is 0 Å². The minimum atomic E-state index is -0.137. The fourth-order valence-electron chi connectivity index (χ4n) is 10.1. The molecule has 9 atom stereocenters. The van der Waals surface area contributed by atoms with Crippen LogP contribution in [0, 0.1) is 58.2 Å². The van der Waals surface area contributed by atoms with Crippen molar-refractivity contribution >= 4 is 5.97 Å². The van der Waals surface area contributed by atoms with Gasteiger partial charge in [-0.1, -0.05) is 53.9 Å².